The number of alkyl halides is 2. The van der Waals surface area contributed by atoms with Crippen LogP contribution in [-0.2, 0) is 4.79 Å². The zero-order valence-corrected chi connectivity index (χ0v) is 7.97. The smallest absolute Gasteiger partial charge is 0.317 e. The molecule has 0 heterocycles. The first-order valence-electron chi connectivity index (χ1n) is 3.91. The summed E-state index contributed by atoms with van der Waals surface area (Å²) in [6.45, 7) is 3.77. The third-order valence-corrected chi connectivity index (χ3v) is 2.41. The molecule has 0 saturated carbocycles. The van der Waals surface area contributed by atoms with Gasteiger partial charge in [0.2, 0.25) is 0 Å². The molecule has 13 heavy (non-hydrogen) atoms. The van der Waals surface area contributed by atoms with Gasteiger partial charge in [-0.15, -0.1) is 0 Å². The van der Waals surface area contributed by atoms with Crippen LogP contribution < -0.4 is 5.73 Å². The minimum absolute atomic E-state index is 0.566. The van der Waals surface area contributed by atoms with E-state index in [0.717, 1.165) is 0 Å². The average molecular weight is 195 g/mol. The number of aliphatic carboxylic acids is 1. The van der Waals surface area contributed by atoms with Crippen molar-refractivity contribution in [3.8, 4) is 0 Å². The highest BCUT2D eigenvalue weighted by molar-refractivity contribution is 5.76. The fourth-order valence-electron chi connectivity index (χ4n) is 1.22. The minimum Gasteiger partial charge on any atom is -0.481 e. The van der Waals surface area contributed by atoms with E-state index >= 15 is 0 Å². The summed E-state index contributed by atoms with van der Waals surface area (Å²) >= 11 is 0. The normalized spacial score (nSPS) is 17.2. The molecule has 3 nitrogen and oxygen atoms in total. The summed E-state index contributed by atoms with van der Waals surface area (Å²) in [5, 5.41) is 8.77. The zero-order valence-electron chi connectivity index (χ0n) is 7.97. The largest absolute Gasteiger partial charge is 0.481 e. The van der Waals surface area contributed by atoms with E-state index in [0.29, 0.717) is 0 Å². The highest BCUT2D eigenvalue weighted by Gasteiger charge is 2.55. The summed E-state index contributed by atoms with van der Waals surface area (Å²) < 4.78 is 25.3. The van der Waals surface area contributed by atoms with Gasteiger partial charge in [-0.1, -0.05) is 20.8 Å². The molecule has 0 spiro atoms. The summed E-state index contributed by atoms with van der Waals surface area (Å²) in [5.41, 5.74) is 1.91. The summed E-state index contributed by atoms with van der Waals surface area (Å²) in [6.07, 6.45) is -2.96. The van der Waals surface area contributed by atoms with E-state index in [1.165, 1.54) is 20.8 Å². The van der Waals surface area contributed by atoms with Crippen LogP contribution in [0.4, 0.5) is 8.78 Å². The van der Waals surface area contributed by atoms with Gasteiger partial charge in [0.15, 0.2) is 0 Å². The Kier molecular flexibility index (Phi) is 3.38. The highest BCUT2D eigenvalue weighted by atomic mass is 19.3. The molecule has 5 heteroatoms. The van der Waals surface area contributed by atoms with Crippen LogP contribution in [0.3, 0.4) is 0 Å². The summed E-state index contributed by atoms with van der Waals surface area (Å²) in [7, 11) is 0. The Bertz CT molecular complexity index is 201. The van der Waals surface area contributed by atoms with Crippen LogP contribution in [0.1, 0.15) is 20.8 Å². The second-order valence-corrected chi connectivity index (χ2v) is 4.03. The molecule has 0 aliphatic rings. The molecule has 0 bridgehead atoms. The zero-order chi connectivity index (χ0) is 10.9. The van der Waals surface area contributed by atoms with Gasteiger partial charge in [0.25, 0.3) is 6.43 Å². The van der Waals surface area contributed by atoms with Gasteiger partial charge >= 0.3 is 5.97 Å². The minimum atomic E-state index is -2.96. The van der Waals surface area contributed by atoms with Crippen LogP contribution in [0.25, 0.3) is 0 Å². The fraction of sp³-hybridized carbons (Fsp3) is 0.875. The standard InChI is InChI=1S/C8H15F2NO2/c1-7(2,3)8(4-11,5(9)10)6(12)13/h5H,4,11H2,1-3H3,(H,12,13). The number of nitrogens with two attached hydrogens (primary N) is 1. The highest BCUT2D eigenvalue weighted by Crippen LogP contribution is 2.43. The Labute approximate surface area is 75.9 Å². The fourth-order valence-corrected chi connectivity index (χ4v) is 1.22. The Balaban J connectivity index is 5.25. The molecule has 0 aromatic carbocycles. The lowest BCUT2D eigenvalue weighted by molar-refractivity contribution is -0.171. The first-order chi connectivity index (χ1) is 5.70. The van der Waals surface area contributed by atoms with Crippen LogP contribution >= 0.6 is 0 Å². The molecule has 3 N–H and O–H groups in total. The number of hydrogen-bond donors (Lipinski definition) is 2. The quantitative estimate of drug-likeness (QED) is 0.714. The molecule has 0 aliphatic heterocycles. The van der Waals surface area contributed by atoms with Crippen molar-refractivity contribution in [2.24, 2.45) is 16.6 Å². The molecule has 78 valence electrons. The lowest BCUT2D eigenvalue weighted by atomic mass is 9.66. The van der Waals surface area contributed by atoms with Crippen LogP contribution in [0.15, 0.2) is 0 Å². The average Bonchev–Trinajstić information content (AvgIpc) is 1.83. The maximum Gasteiger partial charge on any atom is 0.317 e. The predicted molar refractivity (Wildman–Crippen MR) is 44.6 cm³/mol. The first kappa shape index (κ1) is 12.3. The van der Waals surface area contributed by atoms with E-state index in [1.54, 1.807) is 0 Å². The summed E-state index contributed by atoms with van der Waals surface area (Å²) in [4.78, 5) is 10.8. The number of hydrogen-bond acceptors (Lipinski definition) is 2. The van der Waals surface area contributed by atoms with Gasteiger partial charge in [-0.05, 0) is 5.41 Å². The molecular formula is C8H15F2NO2. The third kappa shape index (κ3) is 1.80. The lowest BCUT2D eigenvalue weighted by Crippen LogP contribution is -2.53. The molecule has 0 aromatic rings. The van der Waals surface area contributed by atoms with E-state index < -0.39 is 29.8 Å². The molecular weight excluding hydrogens is 180 g/mol. The van der Waals surface area contributed by atoms with Gasteiger partial charge in [0, 0.05) is 6.54 Å². The summed E-state index contributed by atoms with van der Waals surface area (Å²) in [6, 6.07) is 0. The van der Waals surface area contributed by atoms with Crippen molar-refractivity contribution in [1.82, 2.24) is 0 Å². The first-order valence-corrected chi connectivity index (χ1v) is 3.91. The SMILES string of the molecule is CC(C)(C)C(CN)(C(=O)O)C(F)F. The number of rotatable bonds is 3. The molecule has 0 aliphatic carbocycles. The molecule has 0 aromatic heterocycles. The number of carboxylic acid groups (broad SMARTS) is 1. The van der Waals surface area contributed by atoms with Crippen LogP contribution in [0.2, 0.25) is 0 Å². The van der Waals surface area contributed by atoms with Gasteiger partial charge in [-0.25, -0.2) is 8.78 Å². The molecule has 0 amide bonds. The van der Waals surface area contributed by atoms with E-state index in [-0.39, 0.29) is 0 Å². The topological polar surface area (TPSA) is 63.3 Å². The van der Waals surface area contributed by atoms with Crippen LogP contribution in [0.5, 0.6) is 0 Å². The van der Waals surface area contributed by atoms with Crippen molar-refractivity contribution < 1.29 is 18.7 Å². The van der Waals surface area contributed by atoms with Crippen molar-refractivity contribution >= 4 is 5.97 Å². The van der Waals surface area contributed by atoms with Gasteiger partial charge in [-0.3, -0.25) is 4.79 Å². The molecule has 0 fully saturated rings. The number of carboxylic acids is 1. The van der Waals surface area contributed by atoms with Crippen LogP contribution in [0, 0.1) is 10.8 Å². The Morgan fingerprint density at radius 3 is 1.85 bits per heavy atom. The maximum atomic E-state index is 12.6. The van der Waals surface area contributed by atoms with Crippen LogP contribution in [-0.4, -0.2) is 24.0 Å². The molecule has 0 saturated heterocycles. The van der Waals surface area contributed by atoms with Gasteiger partial charge < -0.3 is 10.8 Å². The molecule has 0 rings (SSSR count). The van der Waals surface area contributed by atoms with Crippen molar-refractivity contribution in [1.29, 1.82) is 0 Å². The van der Waals surface area contributed by atoms with Crippen molar-refractivity contribution in [2.75, 3.05) is 6.54 Å². The van der Waals surface area contributed by atoms with E-state index in [2.05, 4.69) is 0 Å². The number of carbonyl (C=O) groups is 1. The van der Waals surface area contributed by atoms with Gasteiger partial charge in [0.05, 0.1) is 0 Å². The second kappa shape index (κ2) is 3.57. The second-order valence-electron chi connectivity index (χ2n) is 4.03. The van der Waals surface area contributed by atoms with Gasteiger partial charge in [-0.2, -0.15) is 0 Å². The summed E-state index contributed by atoms with van der Waals surface area (Å²) in [5.74, 6) is -1.54. The van der Waals surface area contributed by atoms with E-state index in [9.17, 15) is 13.6 Å². The Morgan fingerprint density at radius 1 is 1.46 bits per heavy atom. The van der Waals surface area contributed by atoms with Crippen molar-refractivity contribution in [2.45, 2.75) is 27.2 Å². The van der Waals surface area contributed by atoms with E-state index in [4.69, 9.17) is 10.8 Å². The van der Waals surface area contributed by atoms with Crippen molar-refractivity contribution in [3.63, 3.8) is 0 Å². The lowest BCUT2D eigenvalue weighted by Gasteiger charge is -2.39. The third-order valence-electron chi connectivity index (χ3n) is 2.41. The predicted octanol–water partition coefficient (Wildman–Crippen LogP) is 1.33. The van der Waals surface area contributed by atoms with Gasteiger partial charge in [0.1, 0.15) is 5.41 Å². The molecule has 1 atom stereocenters. The van der Waals surface area contributed by atoms with Crippen molar-refractivity contribution in [3.05, 3.63) is 0 Å². The Morgan fingerprint density at radius 2 is 1.85 bits per heavy atom. The monoisotopic (exact) mass is 195 g/mol. The number of halogens is 2. The Hall–Kier alpha value is -0.710. The molecule has 1 unspecified atom stereocenters. The molecule has 0 radical (unpaired) electrons. The van der Waals surface area contributed by atoms with E-state index in [1.807, 2.05) is 0 Å². The maximum absolute atomic E-state index is 12.6.